The fourth-order valence-corrected chi connectivity index (χ4v) is 2.87. The first-order chi connectivity index (χ1) is 8.77. The Balaban J connectivity index is 1.96. The van der Waals surface area contributed by atoms with Crippen LogP contribution in [0.1, 0.15) is 27.7 Å². The highest BCUT2D eigenvalue weighted by Crippen LogP contribution is 2.31. The average Bonchev–Trinajstić information content (AvgIpc) is 2.34. The van der Waals surface area contributed by atoms with E-state index < -0.39 is 11.1 Å². The SMILES string of the molecule is CC(C)C1(O)CN(C(=O)C(C)(C)N2CCNCC2)C1. The zero-order chi connectivity index (χ0) is 14.3. The number of aliphatic hydroxyl groups is 1. The van der Waals surface area contributed by atoms with Crippen molar-refractivity contribution in [2.75, 3.05) is 39.3 Å². The third-order valence-electron chi connectivity index (χ3n) is 4.72. The highest BCUT2D eigenvalue weighted by atomic mass is 16.3. The van der Waals surface area contributed by atoms with Gasteiger partial charge in [0.2, 0.25) is 5.91 Å². The van der Waals surface area contributed by atoms with Crippen molar-refractivity contribution in [3.63, 3.8) is 0 Å². The van der Waals surface area contributed by atoms with Gasteiger partial charge in [-0.2, -0.15) is 0 Å². The van der Waals surface area contributed by atoms with Gasteiger partial charge in [0.1, 0.15) is 5.60 Å². The van der Waals surface area contributed by atoms with E-state index in [1.54, 1.807) is 4.90 Å². The van der Waals surface area contributed by atoms with Crippen molar-refractivity contribution in [1.82, 2.24) is 15.1 Å². The fraction of sp³-hybridized carbons (Fsp3) is 0.929. The number of amides is 1. The summed E-state index contributed by atoms with van der Waals surface area (Å²) in [6.45, 7) is 12.6. The number of β-amino-alcohol motifs (C(OH)–C–C–N with tert-alkyl or cyclic N) is 1. The number of carbonyl (C=O) groups excluding carboxylic acids is 1. The summed E-state index contributed by atoms with van der Waals surface area (Å²) in [5.41, 5.74) is -1.16. The molecule has 110 valence electrons. The van der Waals surface area contributed by atoms with Crippen molar-refractivity contribution in [2.24, 2.45) is 5.92 Å². The first-order valence-electron chi connectivity index (χ1n) is 7.25. The minimum atomic E-state index is -0.685. The van der Waals surface area contributed by atoms with Gasteiger partial charge >= 0.3 is 0 Å². The minimum absolute atomic E-state index is 0.139. The van der Waals surface area contributed by atoms with Gasteiger partial charge in [0.05, 0.1) is 18.6 Å². The minimum Gasteiger partial charge on any atom is -0.386 e. The van der Waals surface area contributed by atoms with Crippen molar-refractivity contribution in [3.8, 4) is 0 Å². The maximum absolute atomic E-state index is 12.6. The van der Waals surface area contributed by atoms with Crippen LogP contribution in [0, 0.1) is 5.92 Å². The number of rotatable bonds is 3. The Kier molecular flexibility index (Phi) is 3.91. The molecule has 2 rings (SSSR count). The molecule has 2 aliphatic heterocycles. The number of nitrogens with one attached hydrogen (secondary N) is 1. The molecule has 0 aromatic rings. The fourth-order valence-electron chi connectivity index (χ4n) is 2.87. The molecule has 5 heteroatoms. The largest absolute Gasteiger partial charge is 0.386 e. The second-order valence-corrected chi connectivity index (χ2v) is 6.72. The molecule has 1 amide bonds. The smallest absolute Gasteiger partial charge is 0.242 e. The normalized spacial score (nSPS) is 24.4. The van der Waals surface area contributed by atoms with Gasteiger partial charge in [-0.05, 0) is 19.8 Å². The summed E-state index contributed by atoms with van der Waals surface area (Å²) < 4.78 is 0. The predicted molar refractivity (Wildman–Crippen MR) is 74.9 cm³/mol. The number of piperazine rings is 1. The molecule has 0 saturated carbocycles. The monoisotopic (exact) mass is 269 g/mol. The molecule has 2 fully saturated rings. The van der Waals surface area contributed by atoms with E-state index >= 15 is 0 Å². The van der Waals surface area contributed by atoms with E-state index in [0.29, 0.717) is 13.1 Å². The highest BCUT2D eigenvalue weighted by molar-refractivity contribution is 5.86. The number of hydrogen-bond acceptors (Lipinski definition) is 4. The van der Waals surface area contributed by atoms with Gasteiger partial charge in [-0.3, -0.25) is 9.69 Å². The van der Waals surface area contributed by atoms with Crippen LogP contribution in [-0.4, -0.2) is 71.2 Å². The van der Waals surface area contributed by atoms with Gasteiger partial charge in [0, 0.05) is 26.2 Å². The van der Waals surface area contributed by atoms with Crippen LogP contribution in [0.4, 0.5) is 0 Å². The van der Waals surface area contributed by atoms with Crippen LogP contribution in [0.5, 0.6) is 0 Å². The Morgan fingerprint density at radius 3 is 2.26 bits per heavy atom. The van der Waals surface area contributed by atoms with E-state index in [9.17, 15) is 9.90 Å². The van der Waals surface area contributed by atoms with Crippen LogP contribution < -0.4 is 5.32 Å². The molecule has 0 bridgehead atoms. The molecular formula is C14H27N3O2. The molecule has 0 aromatic carbocycles. The number of likely N-dealkylation sites (tertiary alicyclic amines) is 1. The Morgan fingerprint density at radius 1 is 1.26 bits per heavy atom. The molecule has 0 aliphatic carbocycles. The van der Waals surface area contributed by atoms with E-state index in [1.807, 2.05) is 27.7 Å². The molecule has 5 nitrogen and oxygen atoms in total. The Bertz CT molecular complexity index is 343. The number of hydrogen-bond donors (Lipinski definition) is 2. The molecule has 0 unspecified atom stereocenters. The van der Waals surface area contributed by atoms with Gasteiger partial charge in [-0.1, -0.05) is 13.8 Å². The molecule has 2 N–H and O–H groups in total. The quantitative estimate of drug-likeness (QED) is 0.751. The zero-order valence-electron chi connectivity index (χ0n) is 12.6. The summed E-state index contributed by atoms with van der Waals surface area (Å²) in [7, 11) is 0. The molecular weight excluding hydrogens is 242 g/mol. The molecule has 19 heavy (non-hydrogen) atoms. The van der Waals surface area contributed by atoms with Crippen molar-refractivity contribution in [3.05, 3.63) is 0 Å². The molecule has 2 saturated heterocycles. The van der Waals surface area contributed by atoms with Gasteiger partial charge in [-0.25, -0.2) is 0 Å². The average molecular weight is 269 g/mol. The van der Waals surface area contributed by atoms with Crippen molar-refractivity contribution in [1.29, 1.82) is 0 Å². The summed E-state index contributed by atoms with van der Waals surface area (Å²) in [6.07, 6.45) is 0. The predicted octanol–water partition coefficient (Wildman–Crippen LogP) is -0.100. The van der Waals surface area contributed by atoms with E-state index in [2.05, 4.69) is 10.2 Å². The lowest BCUT2D eigenvalue weighted by atomic mass is 9.81. The van der Waals surface area contributed by atoms with Crippen LogP contribution in [0.2, 0.25) is 0 Å². The summed E-state index contributed by atoms with van der Waals surface area (Å²) in [4.78, 5) is 16.6. The van der Waals surface area contributed by atoms with E-state index in [1.165, 1.54) is 0 Å². The van der Waals surface area contributed by atoms with Crippen LogP contribution >= 0.6 is 0 Å². The lowest BCUT2D eigenvalue weighted by Gasteiger charge is -2.52. The van der Waals surface area contributed by atoms with Gasteiger partial charge in [-0.15, -0.1) is 0 Å². The maximum Gasteiger partial charge on any atom is 0.242 e. The third kappa shape index (κ3) is 2.64. The van der Waals surface area contributed by atoms with Gasteiger partial charge < -0.3 is 15.3 Å². The molecule has 0 atom stereocenters. The van der Waals surface area contributed by atoms with Crippen LogP contribution in [0.15, 0.2) is 0 Å². The maximum atomic E-state index is 12.6. The van der Waals surface area contributed by atoms with Crippen molar-refractivity contribution < 1.29 is 9.90 Å². The molecule has 2 heterocycles. The third-order valence-corrected chi connectivity index (χ3v) is 4.72. The van der Waals surface area contributed by atoms with E-state index in [-0.39, 0.29) is 11.8 Å². The molecule has 0 spiro atoms. The standard InChI is InChI=1S/C14H27N3O2/c1-11(2)14(19)9-16(10-14)12(18)13(3,4)17-7-5-15-6-8-17/h11,15,19H,5-10H2,1-4H3. The lowest BCUT2D eigenvalue weighted by molar-refractivity contribution is -0.174. The summed E-state index contributed by atoms with van der Waals surface area (Å²) in [5, 5.41) is 13.6. The van der Waals surface area contributed by atoms with Crippen LogP contribution in [-0.2, 0) is 4.79 Å². The lowest BCUT2D eigenvalue weighted by Crippen LogP contribution is -2.71. The van der Waals surface area contributed by atoms with Crippen molar-refractivity contribution in [2.45, 2.75) is 38.8 Å². The number of nitrogens with zero attached hydrogens (tertiary/aromatic N) is 2. The summed E-state index contributed by atoms with van der Waals surface area (Å²) >= 11 is 0. The molecule has 0 aromatic heterocycles. The highest BCUT2D eigenvalue weighted by Gasteiger charge is 2.50. The van der Waals surface area contributed by atoms with Crippen LogP contribution in [0.3, 0.4) is 0 Å². The van der Waals surface area contributed by atoms with E-state index in [4.69, 9.17) is 0 Å². The topological polar surface area (TPSA) is 55.8 Å². The summed E-state index contributed by atoms with van der Waals surface area (Å²) in [6, 6.07) is 0. The first-order valence-corrected chi connectivity index (χ1v) is 7.25. The Hall–Kier alpha value is -0.650. The van der Waals surface area contributed by atoms with Gasteiger partial charge in [0.15, 0.2) is 0 Å². The second-order valence-electron chi connectivity index (χ2n) is 6.72. The van der Waals surface area contributed by atoms with E-state index in [0.717, 1.165) is 26.2 Å². The first kappa shape index (κ1) is 14.8. The van der Waals surface area contributed by atoms with Crippen LogP contribution in [0.25, 0.3) is 0 Å². The number of carbonyl (C=O) groups is 1. The van der Waals surface area contributed by atoms with Crippen molar-refractivity contribution >= 4 is 5.91 Å². The molecule has 2 aliphatic rings. The Morgan fingerprint density at radius 2 is 1.79 bits per heavy atom. The molecule has 0 radical (unpaired) electrons. The Labute approximate surface area is 115 Å². The second kappa shape index (κ2) is 5.04. The van der Waals surface area contributed by atoms with Gasteiger partial charge in [0.25, 0.3) is 0 Å². The summed E-state index contributed by atoms with van der Waals surface area (Å²) in [5.74, 6) is 0.332. The zero-order valence-corrected chi connectivity index (χ0v) is 12.6.